The molecular formula is C8H7NO. The van der Waals surface area contributed by atoms with Gasteiger partial charge in [0.15, 0.2) is 0 Å². The van der Waals surface area contributed by atoms with Crippen molar-refractivity contribution in [2.45, 2.75) is 6.42 Å². The number of hydrogen-bond acceptors (Lipinski definition) is 2. The molecule has 0 N–H and O–H groups in total. The third-order valence-electron chi connectivity index (χ3n) is 1.47. The summed E-state index contributed by atoms with van der Waals surface area (Å²) in [6, 6.07) is 0. The van der Waals surface area contributed by atoms with Crippen LogP contribution in [-0.4, -0.2) is 5.71 Å². The van der Waals surface area contributed by atoms with Gasteiger partial charge in [-0.1, -0.05) is 12.2 Å². The molecule has 0 unspecified atom stereocenters. The SMILES string of the molecule is C1=CCC2=NC=COC2=C1. The Hall–Kier alpha value is -1.31. The molecule has 1 aliphatic heterocycles. The third-order valence-corrected chi connectivity index (χ3v) is 1.47. The molecule has 2 heteroatoms. The maximum atomic E-state index is 5.18. The van der Waals surface area contributed by atoms with Gasteiger partial charge in [0, 0.05) is 6.42 Å². The molecule has 0 saturated carbocycles. The molecule has 0 atom stereocenters. The summed E-state index contributed by atoms with van der Waals surface area (Å²) in [7, 11) is 0. The van der Waals surface area contributed by atoms with Gasteiger partial charge in [0.2, 0.25) is 0 Å². The Labute approximate surface area is 59.2 Å². The molecule has 0 fully saturated rings. The van der Waals surface area contributed by atoms with Gasteiger partial charge < -0.3 is 4.74 Å². The maximum absolute atomic E-state index is 5.18. The second kappa shape index (κ2) is 2.14. The van der Waals surface area contributed by atoms with E-state index in [-0.39, 0.29) is 0 Å². The molecule has 0 radical (unpaired) electrons. The predicted molar refractivity (Wildman–Crippen MR) is 39.5 cm³/mol. The van der Waals surface area contributed by atoms with Gasteiger partial charge in [-0.25, -0.2) is 0 Å². The fraction of sp³-hybridized carbons (Fsp3) is 0.125. The summed E-state index contributed by atoms with van der Waals surface area (Å²) in [6.45, 7) is 0. The quantitative estimate of drug-likeness (QED) is 0.493. The summed E-state index contributed by atoms with van der Waals surface area (Å²) in [5, 5.41) is 0. The molecule has 1 aliphatic carbocycles. The zero-order chi connectivity index (χ0) is 6.81. The molecule has 0 aromatic rings. The van der Waals surface area contributed by atoms with Crippen LogP contribution in [0.4, 0.5) is 0 Å². The molecule has 0 aromatic carbocycles. The fourth-order valence-corrected chi connectivity index (χ4v) is 0.980. The highest BCUT2D eigenvalue weighted by molar-refractivity contribution is 6.01. The highest BCUT2D eigenvalue weighted by Crippen LogP contribution is 2.14. The molecule has 2 rings (SSSR count). The number of rotatable bonds is 0. The molecule has 50 valence electrons. The summed E-state index contributed by atoms with van der Waals surface area (Å²) >= 11 is 0. The molecule has 1 heterocycles. The first-order chi connectivity index (χ1) is 4.97. The average molecular weight is 133 g/mol. The lowest BCUT2D eigenvalue weighted by Crippen LogP contribution is -2.07. The van der Waals surface area contributed by atoms with Crippen molar-refractivity contribution in [3.8, 4) is 0 Å². The summed E-state index contributed by atoms with van der Waals surface area (Å²) in [6.07, 6.45) is 10.1. The Kier molecular flexibility index (Phi) is 1.17. The van der Waals surface area contributed by atoms with Crippen molar-refractivity contribution >= 4 is 5.71 Å². The Morgan fingerprint density at radius 1 is 1.50 bits per heavy atom. The van der Waals surface area contributed by atoms with E-state index in [1.54, 1.807) is 12.5 Å². The van der Waals surface area contributed by atoms with Gasteiger partial charge in [-0.05, 0) is 6.08 Å². The van der Waals surface area contributed by atoms with Crippen molar-refractivity contribution in [3.05, 3.63) is 36.4 Å². The minimum absolute atomic E-state index is 0.880. The molecule has 0 aromatic heterocycles. The second-order valence-electron chi connectivity index (χ2n) is 2.14. The van der Waals surface area contributed by atoms with Crippen LogP contribution in [0.5, 0.6) is 0 Å². The standard InChI is InChI=1S/C8H7NO/c1-2-4-8-7(3-1)9-5-6-10-8/h1-2,4-6H,3H2. The minimum atomic E-state index is 0.880. The molecule has 10 heavy (non-hydrogen) atoms. The monoisotopic (exact) mass is 133 g/mol. The lowest BCUT2D eigenvalue weighted by Gasteiger charge is -2.12. The molecule has 0 bridgehead atoms. The van der Waals surface area contributed by atoms with E-state index in [9.17, 15) is 0 Å². The van der Waals surface area contributed by atoms with Crippen molar-refractivity contribution < 1.29 is 4.74 Å². The average Bonchev–Trinajstić information content (AvgIpc) is 2.05. The summed E-state index contributed by atoms with van der Waals surface area (Å²) in [4.78, 5) is 4.14. The summed E-state index contributed by atoms with van der Waals surface area (Å²) < 4.78 is 5.18. The number of allylic oxidation sites excluding steroid dienone is 4. The number of fused-ring (bicyclic) bond motifs is 1. The van der Waals surface area contributed by atoms with Crippen molar-refractivity contribution in [1.82, 2.24) is 0 Å². The first-order valence-electron chi connectivity index (χ1n) is 3.22. The van der Waals surface area contributed by atoms with Gasteiger partial charge >= 0.3 is 0 Å². The molecular weight excluding hydrogens is 126 g/mol. The minimum Gasteiger partial charge on any atom is -0.461 e. The lowest BCUT2D eigenvalue weighted by molar-refractivity contribution is 0.370. The van der Waals surface area contributed by atoms with Crippen LogP contribution in [-0.2, 0) is 4.74 Å². The summed E-state index contributed by atoms with van der Waals surface area (Å²) in [5.41, 5.74) is 1.02. The predicted octanol–water partition coefficient (Wildman–Crippen LogP) is 1.77. The normalized spacial score (nSPS) is 20.8. The van der Waals surface area contributed by atoms with Crippen LogP contribution in [0, 0.1) is 0 Å². The van der Waals surface area contributed by atoms with Gasteiger partial charge in [-0.15, -0.1) is 0 Å². The Balaban J connectivity index is 2.38. The van der Waals surface area contributed by atoms with Crippen LogP contribution in [0.15, 0.2) is 41.4 Å². The van der Waals surface area contributed by atoms with Gasteiger partial charge in [-0.2, -0.15) is 0 Å². The van der Waals surface area contributed by atoms with Gasteiger partial charge in [-0.3, -0.25) is 4.99 Å². The van der Waals surface area contributed by atoms with Crippen molar-refractivity contribution in [3.63, 3.8) is 0 Å². The number of aliphatic imine (C=N–C) groups is 1. The molecule has 2 aliphatic rings. The van der Waals surface area contributed by atoms with Crippen molar-refractivity contribution in [1.29, 1.82) is 0 Å². The van der Waals surface area contributed by atoms with E-state index in [4.69, 9.17) is 4.74 Å². The van der Waals surface area contributed by atoms with Crippen LogP contribution in [0.1, 0.15) is 6.42 Å². The van der Waals surface area contributed by atoms with E-state index in [0.29, 0.717) is 0 Å². The van der Waals surface area contributed by atoms with Crippen LogP contribution >= 0.6 is 0 Å². The van der Waals surface area contributed by atoms with E-state index in [0.717, 1.165) is 17.9 Å². The molecule has 2 nitrogen and oxygen atoms in total. The maximum Gasteiger partial charge on any atom is 0.148 e. The molecule has 0 spiro atoms. The summed E-state index contributed by atoms with van der Waals surface area (Å²) in [5.74, 6) is 0.880. The van der Waals surface area contributed by atoms with Gasteiger partial charge in [0.1, 0.15) is 12.0 Å². The van der Waals surface area contributed by atoms with Crippen LogP contribution in [0.25, 0.3) is 0 Å². The zero-order valence-corrected chi connectivity index (χ0v) is 5.45. The van der Waals surface area contributed by atoms with Gasteiger partial charge in [0.25, 0.3) is 0 Å². The lowest BCUT2D eigenvalue weighted by atomic mass is 10.1. The van der Waals surface area contributed by atoms with Crippen LogP contribution in [0.3, 0.4) is 0 Å². The van der Waals surface area contributed by atoms with E-state index >= 15 is 0 Å². The first kappa shape index (κ1) is 5.47. The van der Waals surface area contributed by atoms with Crippen LogP contribution < -0.4 is 0 Å². The largest absolute Gasteiger partial charge is 0.461 e. The van der Waals surface area contributed by atoms with Crippen molar-refractivity contribution in [2.24, 2.45) is 4.99 Å². The first-order valence-corrected chi connectivity index (χ1v) is 3.22. The van der Waals surface area contributed by atoms with E-state index in [1.165, 1.54) is 0 Å². The number of hydrogen-bond donors (Lipinski definition) is 0. The number of nitrogens with zero attached hydrogens (tertiary/aromatic N) is 1. The topological polar surface area (TPSA) is 21.6 Å². The van der Waals surface area contributed by atoms with E-state index in [1.807, 2.05) is 12.2 Å². The molecule has 0 saturated heterocycles. The zero-order valence-electron chi connectivity index (χ0n) is 5.45. The van der Waals surface area contributed by atoms with Gasteiger partial charge in [0.05, 0.1) is 11.9 Å². The Morgan fingerprint density at radius 2 is 2.50 bits per heavy atom. The Morgan fingerprint density at radius 3 is 3.40 bits per heavy atom. The fourth-order valence-electron chi connectivity index (χ4n) is 0.980. The molecule has 0 amide bonds. The smallest absolute Gasteiger partial charge is 0.148 e. The highest BCUT2D eigenvalue weighted by Gasteiger charge is 2.09. The van der Waals surface area contributed by atoms with Crippen LogP contribution in [0.2, 0.25) is 0 Å². The van der Waals surface area contributed by atoms with E-state index < -0.39 is 0 Å². The Bertz CT molecular complexity index is 230. The second-order valence-corrected chi connectivity index (χ2v) is 2.14. The van der Waals surface area contributed by atoms with E-state index in [2.05, 4.69) is 11.1 Å². The highest BCUT2D eigenvalue weighted by atomic mass is 16.5. The number of ether oxygens (including phenoxy) is 1. The third kappa shape index (κ3) is 0.778. The van der Waals surface area contributed by atoms with Crippen molar-refractivity contribution in [2.75, 3.05) is 0 Å².